The highest BCUT2D eigenvalue weighted by molar-refractivity contribution is 9.10. The third-order valence-corrected chi connectivity index (χ3v) is 4.57. The van der Waals surface area contributed by atoms with E-state index >= 15 is 0 Å². The van der Waals surface area contributed by atoms with Crippen LogP contribution < -0.4 is 0 Å². The van der Waals surface area contributed by atoms with E-state index in [1.165, 1.54) is 4.80 Å². The highest BCUT2D eigenvalue weighted by Gasteiger charge is 2.06. The summed E-state index contributed by atoms with van der Waals surface area (Å²) in [6.07, 6.45) is 0. The number of tetrazole rings is 2. The number of aromatic nitrogens is 8. The van der Waals surface area contributed by atoms with E-state index in [4.69, 9.17) is 13.1 Å². The topological polar surface area (TPSA) is 107 Å². The predicted octanol–water partition coefficient (Wildman–Crippen LogP) is 4.87. The van der Waals surface area contributed by atoms with E-state index in [1.54, 1.807) is 0 Å². The number of H-pyrrole nitrogens is 1. The van der Waals surface area contributed by atoms with Crippen LogP contribution in [0.2, 0.25) is 0 Å². The summed E-state index contributed by atoms with van der Waals surface area (Å²) in [4.78, 5) is 7.34. The standard InChI is InChI=1S/C9H6BrN5.C7H5BrN4.C2H2BrN/c1-11-6-15-13-9(12-14-15)7-2-4-8(10)5-3-7;8-6-3-1-5(2-4-6)7-9-11-12-10-7;1-4-2-3/h2-5H,6H2;1-4H,(H,9,10,11,12);2H2. The monoisotopic (exact) mass is 606 g/mol. The van der Waals surface area contributed by atoms with E-state index < -0.39 is 0 Å². The molecular formula is C18H13Br3N10. The zero-order chi connectivity index (χ0) is 22.5. The Kier molecular flexibility index (Phi) is 10.4. The summed E-state index contributed by atoms with van der Waals surface area (Å²) in [5.41, 5.74) is 2.26. The number of nitrogens with zero attached hydrogens (tertiary/aromatic N) is 9. The van der Waals surface area contributed by atoms with Crippen LogP contribution in [0.25, 0.3) is 32.5 Å². The summed E-state index contributed by atoms with van der Waals surface area (Å²) in [5.74, 6) is 1.15. The van der Waals surface area contributed by atoms with E-state index in [9.17, 15) is 0 Å². The zero-order valence-corrected chi connectivity index (χ0v) is 20.4. The van der Waals surface area contributed by atoms with Crippen molar-refractivity contribution in [2.75, 3.05) is 5.45 Å². The normalized spacial score (nSPS) is 9.32. The zero-order valence-electron chi connectivity index (χ0n) is 15.7. The second-order valence-corrected chi connectivity index (χ2v) is 7.64. The number of rotatable bonds is 3. The van der Waals surface area contributed by atoms with Gasteiger partial charge in [-0.3, -0.25) is 4.85 Å². The molecule has 2 heterocycles. The van der Waals surface area contributed by atoms with Gasteiger partial charge < -0.3 is 4.85 Å². The molecular weight excluding hydrogens is 596 g/mol. The predicted molar refractivity (Wildman–Crippen MR) is 125 cm³/mol. The molecule has 0 saturated carbocycles. The third kappa shape index (κ3) is 8.33. The van der Waals surface area contributed by atoms with Gasteiger partial charge in [0.15, 0.2) is 0 Å². The Hall–Kier alpha value is -3.00. The van der Waals surface area contributed by atoms with E-state index in [0.717, 1.165) is 20.1 Å². The molecule has 0 aliphatic rings. The Bertz CT molecular complexity index is 1130. The molecule has 4 aromatic rings. The highest BCUT2D eigenvalue weighted by atomic mass is 79.9. The number of benzene rings is 2. The van der Waals surface area contributed by atoms with Crippen molar-refractivity contribution < 1.29 is 0 Å². The minimum absolute atomic E-state index is 0.101. The van der Waals surface area contributed by atoms with Gasteiger partial charge in [0.1, 0.15) is 0 Å². The number of hydrogen-bond donors (Lipinski definition) is 1. The average Bonchev–Trinajstić information content (AvgIpc) is 3.48. The van der Waals surface area contributed by atoms with Gasteiger partial charge in [0, 0.05) is 36.0 Å². The summed E-state index contributed by atoms with van der Waals surface area (Å²) in [6, 6.07) is 15.3. The van der Waals surface area contributed by atoms with Gasteiger partial charge in [-0.1, -0.05) is 36.7 Å². The number of hydrogen-bond acceptors (Lipinski definition) is 6. The van der Waals surface area contributed by atoms with E-state index in [0.29, 0.717) is 17.1 Å². The Morgan fingerprint density at radius 2 is 1.39 bits per heavy atom. The van der Waals surface area contributed by atoms with Crippen LogP contribution in [-0.2, 0) is 6.67 Å². The first-order chi connectivity index (χ1) is 15.1. The van der Waals surface area contributed by atoms with Crippen molar-refractivity contribution in [3.63, 3.8) is 0 Å². The van der Waals surface area contributed by atoms with Crippen molar-refractivity contribution in [3.05, 3.63) is 80.3 Å². The maximum Gasteiger partial charge on any atom is 0.325 e. The molecule has 0 fully saturated rings. The van der Waals surface area contributed by atoms with Gasteiger partial charge in [0.05, 0.1) is 0 Å². The van der Waals surface area contributed by atoms with Gasteiger partial charge in [0.2, 0.25) is 11.6 Å². The van der Waals surface area contributed by atoms with Crippen LogP contribution in [0.3, 0.4) is 0 Å². The van der Waals surface area contributed by atoms with Crippen LogP contribution in [0.4, 0.5) is 0 Å². The quantitative estimate of drug-likeness (QED) is 0.202. The lowest BCUT2D eigenvalue weighted by Gasteiger charge is -1.93. The van der Waals surface area contributed by atoms with Crippen LogP contribution in [0, 0.1) is 13.1 Å². The lowest BCUT2D eigenvalue weighted by molar-refractivity contribution is 0.580. The molecule has 31 heavy (non-hydrogen) atoms. The van der Waals surface area contributed by atoms with Crippen molar-refractivity contribution in [2.45, 2.75) is 6.67 Å². The van der Waals surface area contributed by atoms with Crippen LogP contribution in [0.15, 0.2) is 57.5 Å². The first-order valence-electron chi connectivity index (χ1n) is 8.33. The van der Waals surface area contributed by atoms with Crippen LogP contribution in [0.1, 0.15) is 0 Å². The fourth-order valence-electron chi connectivity index (χ4n) is 1.96. The second-order valence-electron chi connectivity index (χ2n) is 5.31. The van der Waals surface area contributed by atoms with Crippen molar-refractivity contribution in [1.29, 1.82) is 0 Å². The van der Waals surface area contributed by atoms with E-state index in [1.807, 2.05) is 48.5 Å². The smallest absolute Gasteiger partial charge is 0.305 e. The molecule has 13 heteroatoms. The Morgan fingerprint density at radius 3 is 1.84 bits per heavy atom. The molecule has 1 N–H and O–H groups in total. The molecule has 0 atom stereocenters. The molecule has 0 spiro atoms. The second kappa shape index (κ2) is 13.3. The molecule has 0 unspecified atom stereocenters. The lowest BCUT2D eigenvalue weighted by Crippen LogP contribution is -1.98. The SMILES string of the molecule is Brc1ccc(-c2nn[nH]n2)cc1.[C-]#[N+]CBr.[C-]#[N+]Cn1nnc(-c2ccc(Br)cc2)n1. The minimum atomic E-state index is 0.101. The van der Waals surface area contributed by atoms with E-state index in [-0.39, 0.29) is 6.67 Å². The molecule has 0 amide bonds. The summed E-state index contributed by atoms with van der Waals surface area (Å²) in [5, 5.41) is 25.3. The maximum atomic E-state index is 6.67. The number of aromatic amines is 1. The fraction of sp³-hybridized carbons (Fsp3) is 0.111. The fourth-order valence-corrected chi connectivity index (χ4v) is 2.49. The molecule has 0 aliphatic heterocycles. The van der Waals surface area contributed by atoms with Crippen LogP contribution >= 0.6 is 47.8 Å². The van der Waals surface area contributed by atoms with Gasteiger partial charge >= 0.3 is 6.67 Å². The van der Waals surface area contributed by atoms with E-state index in [2.05, 4.69) is 93.5 Å². The van der Waals surface area contributed by atoms with Gasteiger partial charge in [-0.2, -0.15) is 5.21 Å². The summed E-state index contributed by atoms with van der Waals surface area (Å²) >= 11 is 9.59. The molecule has 2 aromatic heterocycles. The minimum Gasteiger partial charge on any atom is -0.305 e. The van der Waals surface area contributed by atoms with Crippen LogP contribution in [0.5, 0.6) is 0 Å². The van der Waals surface area contributed by atoms with Gasteiger partial charge in [-0.15, -0.1) is 20.4 Å². The largest absolute Gasteiger partial charge is 0.325 e. The van der Waals surface area contributed by atoms with Gasteiger partial charge in [-0.05, 0) is 59.0 Å². The Balaban J connectivity index is 0.000000192. The molecule has 0 bridgehead atoms. The molecule has 10 nitrogen and oxygen atoms in total. The average molecular weight is 609 g/mol. The van der Waals surface area contributed by atoms with Crippen molar-refractivity contribution in [3.8, 4) is 22.8 Å². The van der Waals surface area contributed by atoms with Crippen LogP contribution in [-0.4, -0.2) is 46.3 Å². The molecule has 4 rings (SSSR count). The first-order valence-corrected chi connectivity index (χ1v) is 11.0. The Labute approximate surface area is 203 Å². The molecule has 0 aliphatic carbocycles. The number of halogens is 3. The molecule has 2 aromatic carbocycles. The van der Waals surface area contributed by atoms with Gasteiger partial charge in [-0.25, -0.2) is 13.1 Å². The number of nitrogens with one attached hydrogen (secondary N) is 1. The lowest BCUT2D eigenvalue weighted by atomic mass is 10.2. The van der Waals surface area contributed by atoms with Crippen molar-refractivity contribution >= 4 is 47.8 Å². The van der Waals surface area contributed by atoms with Gasteiger partial charge in [0.25, 0.3) is 5.45 Å². The molecule has 0 saturated heterocycles. The Morgan fingerprint density at radius 1 is 0.839 bits per heavy atom. The van der Waals surface area contributed by atoms with Crippen molar-refractivity contribution in [2.24, 2.45) is 0 Å². The third-order valence-electron chi connectivity index (χ3n) is 3.26. The molecule has 156 valence electrons. The maximum absolute atomic E-state index is 6.67. The van der Waals surface area contributed by atoms with Crippen molar-refractivity contribution in [1.82, 2.24) is 40.8 Å². The number of alkyl halides is 1. The summed E-state index contributed by atoms with van der Waals surface area (Å²) in [7, 11) is 0. The summed E-state index contributed by atoms with van der Waals surface area (Å²) in [6.45, 7) is 12.8. The highest BCUT2D eigenvalue weighted by Crippen LogP contribution is 2.18. The molecule has 0 radical (unpaired) electrons. The first kappa shape index (κ1) is 24.3. The summed E-state index contributed by atoms with van der Waals surface area (Å²) < 4.78 is 2.04.